The lowest BCUT2D eigenvalue weighted by Crippen LogP contribution is -2.20. The molecule has 156 valence electrons. The molecule has 0 bridgehead atoms. The molecule has 3 aromatic rings. The second-order valence-electron chi connectivity index (χ2n) is 6.05. The molecule has 0 saturated heterocycles. The van der Waals surface area contributed by atoms with Gasteiger partial charge in [0.1, 0.15) is 17.4 Å². The largest absolute Gasteiger partial charge is 0.484 e. The molecule has 1 amide bonds. The van der Waals surface area contributed by atoms with Crippen LogP contribution < -0.4 is 14.8 Å². The van der Waals surface area contributed by atoms with E-state index in [9.17, 15) is 22.0 Å². The Morgan fingerprint density at radius 2 is 1.57 bits per heavy atom. The van der Waals surface area contributed by atoms with E-state index in [1.165, 1.54) is 48.5 Å². The monoisotopic (exact) mass is 452 g/mol. The summed E-state index contributed by atoms with van der Waals surface area (Å²) in [5.41, 5.74) is 0.526. The minimum atomic E-state index is -3.87. The topological polar surface area (TPSA) is 84.5 Å². The fourth-order valence-electron chi connectivity index (χ4n) is 2.37. The van der Waals surface area contributed by atoms with E-state index in [1.54, 1.807) is 0 Å². The molecule has 0 aliphatic carbocycles. The van der Waals surface area contributed by atoms with Gasteiger partial charge < -0.3 is 10.1 Å². The maximum atomic E-state index is 13.1. The van der Waals surface area contributed by atoms with Gasteiger partial charge in [0.05, 0.1) is 9.92 Å². The Morgan fingerprint density at radius 3 is 2.20 bits per heavy atom. The van der Waals surface area contributed by atoms with Gasteiger partial charge in [-0.25, -0.2) is 17.2 Å². The third-order valence-corrected chi connectivity index (χ3v) is 5.49. The standard InChI is InChI=1S/C20H15ClF2N2O4S/c21-18-11-15(5-10-19(18)23)24-20(26)12-29-16-6-8-17(9-7-16)30(27,28)25-14-3-1-13(22)2-4-14/h1-11,25H,12H2,(H,24,26). The van der Waals surface area contributed by atoms with Crippen LogP contribution in [0.15, 0.2) is 71.6 Å². The second-order valence-corrected chi connectivity index (χ2v) is 8.14. The Kier molecular flexibility index (Phi) is 6.53. The molecule has 0 radical (unpaired) electrons. The summed E-state index contributed by atoms with van der Waals surface area (Å²) in [4.78, 5) is 11.9. The first kappa shape index (κ1) is 21.5. The first-order valence-electron chi connectivity index (χ1n) is 8.49. The summed E-state index contributed by atoms with van der Waals surface area (Å²) in [5.74, 6) is -1.32. The van der Waals surface area contributed by atoms with E-state index in [-0.39, 0.29) is 28.0 Å². The zero-order chi connectivity index (χ0) is 21.7. The lowest BCUT2D eigenvalue weighted by Gasteiger charge is -2.10. The fraction of sp³-hybridized carbons (Fsp3) is 0.0500. The van der Waals surface area contributed by atoms with Gasteiger partial charge in [-0.15, -0.1) is 0 Å². The SMILES string of the molecule is O=C(COc1ccc(S(=O)(=O)Nc2ccc(F)cc2)cc1)Nc1ccc(F)c(Cl)c1. The zero-order valence-corrected chi connectivity index (χ0v) is 16.8. The third-order valence-electron chi connectivity index (χ3n) is 3.80. The van der Waals surface area contributed by atoms with Crippen molar-refractivity contribution in [1.82, 2.24) is 0 Å². The fourth-order valence-corrected chi connectivity index (χ4v) is 3.61. The van der Waals surface area contributed by atoms with Gasteiger partial charge in [0, 0.05) is 11.4 Å². The van der Waals surface area contributed by atoms with E-state index in [0.29, 0.717) is 5.69 Å². The Hall–Kier alpha value is -3.17. The number of rotatable bonds is 7. The number of halogens is 3. The molecule has 30 heavy (non-hydrogen) atoms. The third kappa shape index (κ3) is 5.68. The number of hydrogen-bond acceptors (Lipinski definition) is 4. The molecule has 0 atom stereocenters. The van der Waals surface area contributed by atoms with Crippen LogP contribution in [0.25, 0.3) is 0 Å². The minimum Gasteiger partial charge on any atom is -0.484 e. The van der Waals surface area contributed by atoms with Gasteiger partial charge in [-0.2, -0.15) is 0 Å². The van der Waals surface area contributed by atoms with Crippen LogP contribution in [0, 0.1) is 11.6 Å². The van der Waals surface area contributed by atoms with Crippen molar-refractivity contribution < 1.29 is 26.7 Å². The number of benzene rings is 3. The smallest absolute Gasteiger partial charge is 0.262 e. The number of amides is 1. The van der Waals surface area contributed by atoms with Crippen LogP contribution in [-0.4, -0.2) is 20.9 Å². The van der Waals surface area contributed by atoms with Crippen LogP contribution in [0.1, 0.15) is 0 Å². The highest BCUT2D eigenvalue weighted by atomic mass is 35.5. The number of hydrogen-bond donors (Lipinski definition) is 2. The molecule has 3 aromatic carbocycles. The van der Waals surface area contributed by atoms with Gasteiger partial charge in [-0.3, -0.25) is 9.52 Å². The summed E-state index contributed by atoms with van der Waals surface area (Å²) in [6.07, 6.45) is 0. The van der Waals surface area contributed by atoms with E-state index in [1.807, 2.05) is 0 Å². The number of sulfonamides is 1. The normalized spacial score (nSPS) is 11.0. The van der Waals surface area contributed by atoms with E-state index < -0.39 is 27.6 Å². The molecule has 0 aromatic heterocycles. The molecule has 6 nitrogen and oxygen atoms in total. The van der Waals surface area contributed by atoms with Crippen molar-refractivity contribution >= 4 is 38.9 Å². The number of carbonyl (C=O) groups excluding carboxylic acids is 1. The van der Waals surface area contributed by atoms with Crippen LogP contribution >= 0.6 is 11.6 Å². The van der Waals surface area contributed by atoms with Gasteiger partial charge in [-0.05, 0) is 66.7 Å². The Bertz CT molecular complexity index is 1150. The van der Waals surface area contributed by atoms with E-state index >= 15 is 0 Å². The van der Waals surface area contributed by atoms with Gasteiger partial charge in [0.25, 0.3) is 15.9 Å². The molecule has 0 heterocycles. The summed E-state index contributed by atoms with van der Waals surface area (Å²) in [6, 6.07) is 14.0. The maximum absolute atomic E-state index is 13.1. The number of carbonyl (C=O) groups is 1. The lowest BCUT2D eigenvalue weighted by molar-refractivity contribution is -0.118. The minimum absolute atomic E-state index is 0.0374. The van der Waals surface area contributed by atoms with Gasteiger partial charge in [0.2, 0.25) is 0 Å². The summed E-state index contributed by atoms with van der Waals surface area (Å²) < 4.78 is 58.5. The average molecular weight is 453 g/mol. The zero-order valence-electron chi connectivity index (χ0n) is 15.2. The van der Waals surface area contributed by atoms with Gasteiger partial charge in [0.15, 0.2) is 6.61 Å². The molecule has 0 spiro atoms. The summed E-state index contributed by atoms with van der Waals surface area (Å²) >= 11 is 5.65. The molecule has 2 N–H and O–H groups in total. The molecular weight excluding hydrogens is 438 g/mol. The first-order chi connectivity index (χ1) is 14.2. The highest BCUT2D eigenvalue weighted by molar-refractivity contribution is 7.92. The van der Waals surface area contributed by atoms with E-state index in [2.05, 4.69) is 10.0 Å². The Labute approximate surface area is 176 Å². The summed E-state index contributed by atoms with van der Waals surface area (Å²) in [7, 11) is -3.87. The Morgan fingerprint density at radius 1 is 0.933 bits per heavy atom. The van der Waals surface area contributed by atoms with Crippen LogP contribution in [0.5, 0.6) is 5.75 Å². The quantitative estimate of drug-likeness (QED) is 0.555. The molecular formula is C20H15ClF2N2O4S. The lowest BCUT2D eigenvalue weighted by atomic mass is 10.3. The van der Waals surface area contributed by atoms with Crippen LogP contribution in [0.4, 0.5) is 20.2 Å². The van der Waals surface area contributed by atoms with Crippen molar-refractivity contribution in [2.45, 2.75) is 4.90 Å². The summed E-state index contributed by atoms with van der Waals surface area (Å²) in [6.45, 7) is -0.352. The van der Waals surface area contributed by atoms with Crippen molar-refractivity contribution in [2.24, 2.45) is 0 Å². The highest BCUT2D eigenvalue weighted by Gasteiger charge is 2.14. The summed E-state index contributed by atoms with van der Waals surface area (Å²) in [5, 5.41) is 2.37. The first-order valence-corrected chi connectivity index (χ1v) is 10.4. The number of nitrogens with one attached hydrogen (secondary N) is 2. The molecule has 0 aliphatic rings. The van der Waals surface area contributed by atoms with Crippen molar-refractivity contribution in [3.63, 3.8) is 0 Å². The van der Waals surface area contributed by atoms with E-state index in [0.717, 1.165) is 18.2 Å². The number of ether oxygens (including phenoxy) is 1. The Balaban J connectivity index is 1.57. The molecule has 0 fully saturated rings. The molecule has 10 heteroatoms. The predicted octanol–water partition coefficient (Wildman–Crippen LogP) is 4.44. The van der Waals surface area contributed by atoms with Crippen LogP contribution in [0.2, 0.25) is 5.02 Å². The van der Waals surface area contributed by atoms with Gasteiger partial charge >= 0.3 is 0 Å². The van der Waals surface area contributed by atoms with Gasteiger partial charge in [-0.1, -0.05) is 11.6 Å². The molecule has 0 aliphatic heterocycles. The maximum Gasteiger partial charge on any atom is 0.262 e. The van der Waals surface area contributed by atoms with Crippen LogP contribution in [-0.2, 0) is 14.8 Å². The van der Waals surface area contributed by atoms with Crippen molar-refractivity contribution in [2.75, 3.05) is 16.6 Å². The molecule has 0 saturated carbocycles. The van der Waals surface area contributed by atoms with Crippen LogP contribution in [0.3, 0.4) is 0 Å². The second kappa shape index (κ2) is 9.10. The highest BCUT2D eigenvalue weighted by Crippen LogP contribution is 2.21. The van der Waals surface area contributed by atoms with Crippen molar-refractivity contribution in [3.05, 3.63) is 83.4 Å². The molecule has 0 unspecified atom stereocenters. The average Bonchev–Trinajstić information content (AvgIpc) is 2.71. The number of anilines is 2. The predicted molar refractivity (Wildman–Crippen MR) is 109 cm³/mol. The van der Waals surface area contributed by atoms with Crippen molar-refractivity contribution in [1.29, 1.82) is 0 Å². The van der Waals surface area contributed by atoms with E-state index in [4.69, 9.17) is 16.3 Å². The van der Waals surface area contributed by atoms with Crippen molar-refractivity contribution in [3.8, 4) is 5.75 Å². The molecule has 3 rings (SSSR count).